The van der Waals surface area contributed by atoms with E-state index in [1.807, 2.05) is 32.9 Å². The van der Waals surface area contributed by atoms with Crippen molar-refractivity contribution in [1.29, 1.82) is 0 Å². The molecule has 0 aliphatic carbocycles. The number of aliphatic carboxylic acids is 1. The first kappa shape index (κ1) is 25.9. The number of carbonyl (C=O) groups is 2. The summed E-state index contributed by atoms with van der Waals surface area (Å²) in [5.41, 5.74) is 0.372. The van der Waals surface area contributed by atoms with Gasteiger partial charge in [-0.25, -0.2) is 4.79 Å². The van der Waals surface area contributed by atoms with E-state index in [0.29, 0.717) is 10.9 Å². The van der Waals surface area contributed by atoms with Crippen molar-refractivity contribution in [2.45, 2.75) is 46.2 Å². The number of carbonyl (C=O) groups excluding carboxylic acids is 1. The zero-order chi connectivity index (χ0) is 25.8. The van der Waals surface area contributed by atoms with Crippen LogP contribution in [0.4, 0.5) is 13.2 Å². The Balaban J connectivity index is 1.87. The normalized spacial score (nSPS) is 12.7. The van der Waals surface area contributed by atoms with E-state index in [0.717, 1.165) is 5.39 Å². The second-order valence-electron chi connectivity index (χ2n) is 9.27. The molecule has 0 fully saturated rings. The minimum absolute atomic E-state index is 0.0368. The second-order valence-corrected chi connectivity index (χ2v) is 9.27. The summed E-state index contributed by atoms with van der Waals surface area (Å²) < 4.78 is 47.0. The Morgan fingerprint density at radius 3 is 2.23 bits per heavy atom. The molecule has 6 nitrogen and oxygen atoms in total. The van der Waals surface area contributed by atoms with Gasteiger partial charge >= 0.3 is 12.3 Å². The highest BCUT2D eigenvalue weighted by Gasteiger charge is 2.31. The molecule has 0 saturated heterocycles. The van der Waals surface area contributed by atoms with E-state index in [9.17, 15) is 27.9 Å². The molecule has 3 aromatic carbocycles. The first-order valence-corrected chi connectivity index (χ1v) is 10.9. The molecule has 2 N–H and O–H groups in total. The summed E-state index contributed by atoms with van der Waals surface area (Å²) in [7, 11) is 0. The third-order valence-corrected chi connectivity index (χ3v) is 5.08. The molecule has 3 rings (SSSR count). The smallest absolute Gasteiger partial charge is 0.487 e. The lowest BCUT2D eigenvalue weighted by Gasteiger charge is -2.24. The SMILES string of the molecule is CC(C)(C)CC(NC(=O)c1ccc2ccccc2c1OCc1ccc(OC(F)(F)F)cc1)C(=O)O. The molecule has 9 heteroatoms. The molecular formula is C26H26F3NO5. The number of hydrogen-bond donors (Lipinski definition) is 2. The van der Waals surface area contributed by atoms with Crippen LogP contribution in [0.2, 0.25) is 0 Å². The van der Waals surface area contributed by atoms with Gasteiger partial charge in [-0.1, -0.05) is 63.2 Å². The van der Waals surface area contributed by atoms with E-state index in [1.54, 1.807) is 24.3 Å². The van der Waals surface area contributed by atoms with Gasteiger partial charge in [0.25, 0.3) is 5.91 Å². The van der Waals surface area contributed by atoms with E-state index in [1.165, 1.54) is 24.3 Å². The van der Waals surface area contributed by atoms with Crippen molar-refractivity contribution in [3.8, 4) is 11.5 Å². The fraction of sp³-hybridized carbons (Fsp3) is 0.308. The molecule has 186 valence electrons. The van der Waals surface area contributed by atoms with Crippen LogP contribution >= 0.6 is 0 Å². The molecule has 0 spiro atoms. The van der Waals surface area contributed by atoms with Gasteiger partial charge in [0.15, 0.2) is 0 Å². The Morgan fingerprint density at radius 2 is 1.63 bits per heavy atom. The number of ether oxygens (including phenoxy) is 2. The predicted octanol–water partition coefficient (Wildman–Crippen LogP) is 5.94. The number of alkyl halides is 3. The van der Waals surface area contributed by atoms with Crippen molar-refractivity contribution in [2.24, 2.45) is 5.41 Å². The third-order valence-electron chi connectivity index (χ3n) is 5.08. The van der Waals surface area contributed by atoms with Crippen molar-refractivity contribution in [1.82, 2.24) is 5.32 Å². The minimum Gasteiger partial charge on any atom is -0.487 e. The molecule has 0 bridgehead atoms. The van der Waals surface area contributed by atoms with Crippen LogP contribution in [0.15, 0.2) is 60.7 Å². The van der Waals surface area contributed by atoms with Crippen molar-refractivity contribution in [2.75, 3.05) is 0 Å². The molecule has 0 aliphatic rings. The van der Waals surface area contributed by atoms with Gasteiger partial charge in [0.05, 0.1) is 5.56 Å². The van der Waals surface area contributed by atoms with Gasteiger partial charge in [0.1, 0.15) is 24.1 Å². The number of fused-ring (bicyclic) bond motifs is 1. The Labute approximate surface area is 200 Å². The van der Waals surface area contributed by atoms with Gasteiger partial charge in [0, 0.05) is 5.39 Å². The third kappa shape index (κ3) is 7.37. The van der Waals surface area contributed by atoms with Crippen LogP contribution in [-0.4, -0.2) is 29.4 Å². The number of carboxylic acid groups (broad SMARTS) is 1. The van der Waals surface area contributed by atoms with Crippen LogP contribution in [0.1, 0.15) is 43.1 Å². The summed E-state index contributed by atoms with van der Waals surface area (Å²) in [6.45, 7) is 5.60. The minimum atomic E-state index is -4.79. The van der Waals surface area contributed by atoms with Gasteiger partial charge in [-0.3, -0.25) is 4.79 Å². The van der Waals surface area contributed by atoms with Gasteiger partial charge in [-0.2, -0.15) is 0 Å². The Bertz CT molecular complexity index is 1200. The molecule has 1 atom stereocenters. The number of halogens is 3. The average Bonchev–Trinajstić information content (AvgIpc) is 2.75. The number of amides is 1. The molecule has 1 unspecified atom stereocenters. The Kier molecular flexibility index (Phi) is 7.57. The van der Waals surface area contributed by atoms with Crippen LogP contribution in [0, 0.1) is 5.41 Å². The molecule has 0 aromatic heterocycles. The van der Waals surface area contributed by atoms with Crippen LogP contribution in [0.5, 0.6) is 11.5 Å². The van der Waals surface area contributed by atoms with Crippen LogP contribution in [0.25, 0.3) is 10.8 Å². The lowest BCUT2D eigenvalue weighted by atomic mass is 9.88. The van der Waals surface area contributed by atoms with E-state index in [4.69, 9.17) is 4.74 Å². The average molecular weight is 489 g/mol. The number of hydrogen-bond acceptors (Lipinski definition) is 4. The molecule has 0 radical (unpaired) electrons. The lowest BCUT2D eigenvalue weighted by Crippen LogP contribution is -2.43. The molecule has 35 heavy (non-hydrogen) atoms. The number of nitrogens with one attached hydrogen (secondary N) is 1. The van der Waals surface area contributed by atoms with Crippen LogP contribution in [-0.2, 0) is 11.4 Å². The maximum absolute atomic E-state index is 13.1. The maximum Gasteiger partial charge on any atom is 0.573 e. The monoisotopic (exact) mass is 489 g/mol. The van der Waals surface area contributed by atoms with Crippen LogP contribution in [0.3, 0.4) is 0 Å². The number of carboxylic acids is 1. The zero-order valence-corrected chi connectivity index (χ0v) is 19.5. The molecule has 1 amide bonds. The zero-order valence-electron chi connectivity index (χ0n) is 19.5. The van der Waals surface area contributed by atoms with Gasteiger partial charge in [0.2, 0.25) is 0 Å². The van der Waals surface area contributed by atoms with Gasteiger partial charge in [-0.15, -0.1) is 13.2 Å². The summed E-state index contributed by atoms with van der Waals surface area (Å²) in [5.74, 6) is -1.85. The highest BCUT2D eigenvalue weighted by atomic mass is 19.4. The van der Waals surface area contributed by atoms with Crippen molar-refractivity contribution in [3.63, 3.8) is 0 Å². The van der Waals surface area contributed by atoms with Crippen LogP contribution < -0.4 is 14.8 Å². The number of rotatable bonds is 8. The standard InChI is InChI=1S/C26H26F3NO5/c1-25(2,3)14-21(24(32)33)30-23(31)20-13-10-17-6-4-5-7-19(17)22(20)34-15-16-8-11-18(12-9-16)35-26(27,28)29/h4-13,21H,14-15H2,1-3H3,(H,30,31)(H,32,33). The largest absolute Gasteiger partial charge is 0.573 e. The summed E-state index contributed by atoms with van der Waals surface area (Å²) in [4.78, 5) is 24.9. The van der Waals surface area contributed by atoms with E-state index < -0.39 is 24.3 Å². The Morgan fingerprint density at radius 1 is 0.971 bits per heavy atom. The quantitative estimate of drug-likeness (QED) is 0.409. The fourth-order valence-corrected chi connectivity index (χ4v) is 3.57. The molecule has 0 saturated carbocycles. The van der Waals surface area contributed by atoms with E-state index >= 15 is 0 Å². The van der Waals surface area contributed by atoms with E-state index in [-0.39, 0.29) is 35.5 Å². The molecule has 0 heterocycles. The highest BCUT2D eigenvalue weighted by molar-refractivity contribution is 6.04. The molecule has 0 aliphatic heterocycles. The van der Waals surface area contributed by atoms with Crippen molar-refractivity contribution < 1.29 is 37.3 Å². The Hall–Kier alpha value is -3.75. The second kappa shape index (κ2) is 10.2. The first-order chi connectivity index (χ1) is 16.3. The topological polar surface area (TPSA) is 84.9 Å². The molecular weight excluding hydrogens is 463 g/mol. The summed E-state index contributed by atoms with van der Waals surface area (Å²) in [5, 5.41) is 13.6. The van der Waals surface area contributed by atoms with Gasteiger partial charge < -0.3 is 19.9 Å². The highest BCUT2D eigenvalue weighted by Crippen LogP contribution is 2.32. The summed E-state index contributed by atoms with van der Waals surface area (Å²) in [6, 6.07) is 14.6. The fourth-order valence-electron chi connectivity index (χ4n) is 3.57. The van der Waals surface area contributed by atoms with Gasteiger partial charge in [-0.05, 0) is 41.0 Å². The molecule has 3 aromatic rings. The lowest BCUT2D eigenvalue weighted by molar-refractivity contribution is -0.274. The van der Waals surface area contributed by atoms with Crippen molar-refractivity contribution >= 4 is 22.6 Å². The summed E-state index contributed by atoms with van der Waals surface area (Å²) in [6.07, 6.45) is -4.56. The maximum atomic E-state index is 13.1. The first-order valence-electron chi connectivity index (χ1n) is 10.9. The van der Waals surface area contributed by atoms with Crippen molar-refractivity contribution in [3.05, 3.63) is 71.8 Å². The number of benzene rings is 3. The van der Waals surface area contributed by atoms with E-state index in [2.05, 4.69) is 10.1 Å². The predicted molar refractivity (Wildman–Crippen MR) is 124 cm³/mol. The summed E-state index contributed by atoms with van der Waals surface area (Å²) >= 11 is 0.